The number of rotatable bonds is 5. The van der Waals surface area contributed by atoms with Crippen molar-refractivity contribution in [2.24, 2.45) is 0 Å². The Kier molecular flexibility index (Phi) is 4.64. The van der Waals surface area contributed by atoms with Crippen LogP contribution in [0.1, 0.15) is 46.4 Å². The van der Waals surface area contributed by atoms with Crippen LogP contribution in [0.5, 0.6) is 0 Å². The molecule has 0 bridgehead atoms. The fraction of sp³-hybridized carbons (Fsp3) is 0.364. The molecule has 0 unspecified atom stereocenters. The summed E-state index contributed by atoms with van der Waals surface area (Å²) in [4.78, 5) is 17.2. The minimum atomic E-state index is -0.0219. The fourth-order valence-corrected chi connectivity index (χ4v) is 4.53. The molecule has 3 aromatic rings. The quantitative estimate of drug-likeness (QED) is 0.648. The zero-order valence-electron chi connectivity index (χ0n) is 16.3. The second kappa shape index (κ2) is 6.97. The largest absolute Gasteiger partial charge is 0.345 e. The van der Waals surface area contributed by atoms with Crippen LogP contribution in [0.25, 0.3) is 11.3 Å². The van der Waals surface area contributed by atoms with Crippen LogP contribution < -0.4 is 5.32 Å². The van der Waals surface area contributed by atoms with E-state index in [0.717, 1.165) is 22.0 Å². The number of carbonyl (C=O) groups excluding carboxylic acids is 1. The van der Waals surface area contributed by atoms with Gasteiger partial charge in [0.15, 0.2) is 0 Å². The highest BCUT2D eigenvalue weighted by Gasteiger charge is 2.27. The Morgan fingerprint density at radius 2 is 2.00 bits per heavy atom. The van der Waals surface area contributed by atoms with Crippen molar-refractivity contribution in [3.8, 4) is 11.3 Å². The Labute approximate surface area is 164 Å². The van der Waals surface area contributed by atoms with Crippen LogP contribution in [0.3, 0.4) is 0 Å². The lowest BCUT2D eigenvalue weighted by Crippen LogP contribution is -2.15. The zero-order chi connectivity index (χ0) is 19.1. The molecule has 1 saturated carbocycles. The first-order valence-electron chi connectivity index (χ1n) is 9.42. The minimum absolute atomic E-state index is 0.0219. The first kappa shape index (κ1) is 18.0. The van der Waals surface area contributed by atoms with Gasteiger partial charge in [0.05, 0.1) is 12.1 Å². The lowest BCUT2D eigenvalue weighted by molar-refractivity contribution is -0.115. The van der Waals surface area contributed by atoms with Crippen LogP contribution in [0.4, 0.5) is 5.69 Å². The molecule has 1 N–H and O–H groups in total. The SMILES string of the molecule is Cc1ccc(NC(=O)Cc2nc(-c3cc(C)n(C4CC4)c3C)cs2)c(C)c1. The molecule has 1 fully saturated rings. The maximum absolute atomic E-state index is 12.4. The highest BCUT2D eigenvalue weighted by molar-refractivity contribution is 7.10. The summed E-state index contributed by atoms with van der Waals surface area (Å²) in [5, 5.41) is 5.93. The van der Waals surface area contributed by atoms with Gasteiger partial charge >= 0.3 is 0 Å². The normalized spacial score (nSPS) is 13.8. The summed E-state index contributed by atoms with van der Waals surface area (Å²) in [5.74, 6) is -0.0219. The van der Waals surface area contributed by atoms with Crippen molar-refractivity contribution >= 4 is 22.9 Å². The van der Waals surface area contributed by atoms with Crippen molar-refractivity contribution in [2.45, 2.75) is 53.0 Å². The summed E-state index contributed by atoms with van der Waals surface area (Å²) in [7, 11) is 0. The molecule has 1 aliphatic rings. The highest BCUT2D eigenvalue weighted by Crippen LogP contribution is 2.40. The van der Waals surface area contributed by atoms with E-state index in [2.05, 4.69) is 48.2 Å². The third-order valence-corrected chi connectivity index (χ3v) is 6.04. The predicted octanol–water partition coefficient (Wildman–Crippen LogP) is 5.36. The van der Waals surface area contributed by atoms with Crippen LogP contribution in [-0.4, -0.2) is 15.5 Å². The van der Waals surface area contributed by atoms with E-state index in [9.17, 15) is 4.79 Å². The number of hydrogen-bond acceptors (Lipinski definition) is 3. The third kappa shape index (κ3) is 3.69. The van der Waals surface area contributed by atoms with Gasteiger partial charge < -0.3 is 9.88 Å². The Bertz CT molecular complexity index is 1010. The van der Waals surface area contributed by atoms with E-state index in [1.54, 1.807) is 11.3 Å². The van der Waals surface area contributed by atoms with Crippen molar-refractivity contribution in [3.05, 3.63) is 57.2 Å². The van der Waals surface area contributed by atoms with Gasteiger partial charge in [-0.05, 0) is 58.2 Å². The number of aryl methyl sites for hydroxylation is 3. The van der Waals surface area contributed by atoms with Gasteiger partial charge in [0.25, 0.3) is 0 Å². The van der Waals surface area contributed by atoms with Gasteiger partial charge in [-0.15, -0.1) is 11.3 Å². The molecular formula is C22H25N3OS. The van der Waals surface area contributed by atoms with Crippen molar-refractivity contribution < 1.29 is 4.79 Å². The molecular weight excluding hydrogens is 354 g/mol. The fourth-order valence-electron chi connectivity index (χ4n) is 3.73. The van der Waals surface area contributed by atoms with Crippen LogP contribution in [0.2, 0.25) is 0 Å². The van der Waals surface area contributed by atoms with Gasteiger partial charge in [-0.3, -0.25) is 4.79 Å². The van der Waals surface area contributed by atoms with E-state index in [-0.39, 0.29) is 5.91 Å². The maximum Gasteiger partial charge on any atom is 0.231 e. The predicted molar refractivity (Wildman–Crippen MR) is 112 cm³/mol. The number of aromatic nitrogens is 2. The van der Waals surface area contributed by atoms with E-state index in [1.165, 1.54) is 35.4 Å². The van der Waals surface area contributed by atoms with E-state index in [4.69, 9.17) is 4.98 Å². The number of anilines is 1. The maximum atomic E-state index is 12.4. The van der Waals surface area contributed by atoms with Crippen LogP contribution >= 0.6 is 11.3 Å². The molecule has 2 heterocycles. The van der Waals surface area contributed by atoms with Crippen LogP contribution in [0, 0.1) is 27.7 Å². The topological polar surface area (TPSA) is 46.9 Å². The number of thiazole rings is 1. The van der Waals surface area contributed by atoms with E-state index in [0.29, 0.717) is 12.5 Å². The summed E-state index contributed by atoms with van der Waals surface area (Å²) >= 11 is 1.56. The van der Waals surface area contributed by atoms with Gasteiger partial charge in [0, 0.05) is 34.1 Å². The number of nitrogens with zero attached hydrogens (tertiary/aromatic N) is 2. The number of carbonyl (C=O) groups is 1. The first-order chi connectivity index (χ1) is 12.9. The number of hydrogen-bond donors (Lipinski definition) is 1. The van der Waals surface area contributed by atoms with E-state index in [1.807, 2.05) is 19.1 Å². The summed E-state index contributed by atoms with van der Waals surface area (Å²) in [5.41, 5.74) is 7.90. The molecule has 0 atom stereocenters. The van der Waals surface area contributed by atoms with Gasteiger partial charge in [-0.2, -0.15) is 0 Å². The molecule has 1 amide bonds. The average molecular weight is 380 g/mol. The molecule has 140 valence electrons. The smallest absolute Gasteiger partial charge is 0.231 e. The van der Waals surface area contributed by atoms with Crippen LogP contribution in [-0.2, 0) is 11.2 Å². The second-order valence-electron chi connectivity index (χ2n) is 7.56. The summed E-state index contributed by atoms with van der Waals surface area (Å²) in [6, 6.07) is 8.94. The van der Waals surface area contributed by atoms with Gasteiger partial charge in [0.2, 0.25) is 5.91 Å². The molecule has 0 spiro atoms. The summed E-state index contributed by atoms with van der Waals surface area (Å²) in [6.07, 6.45) is 2.85. The standard InChI is InChI=1S/C22H25N3OS/c1-13-5-8-19(14(2)9-13)23-21(26)11-22-24-20(12-27-22)18-10-15(3)25(16(18)4)17-6-7-17/h5,8-10,12,17H,6-7,11H2,1-4H3,(H,23,26). The second-order valence-corrected chi connectivity index (χ2v) is 8.50. The van der Waals surface area contributed by atoms with Crippen LogP contribution in [0.15, 0.2) is 29.6 Å². The van der Waals surface area contributed by atoms with Crippen molar-refractivity contribution in [3.63, 3.8) is 0 Å². The monoisotopic (exact) mass is 379 g/mol. The molecule has 2 aromatic heterocycles. The Morgan fingerprint density at radius 3 is 2.70 bits per heavy atom. The van der Waals surface area contributed by atoms with E-state index < -0.39 is 0 Å². The van der Waals surface area contributed by atoms with Crippen molar-refractivity contribution in [1.82, 2.24) is 9.55 Å². The Morgan fingerprint density at radius 1 is 1.22 bits per heavy atom. The molecule has 0 aliphatic heterocycles. The van der Waals surface area contributed by atoms with Gasteiger partial charge in [0.1, 0.15) is 5.01 Å². The zero-order valence-corrected chi connectivity index (χ0v) is 17.1. The van der Waals surface area contributed by atoms with E-state index >= 15 is 0 Å². The Hall–Kier alpha value is -2.40. The molecule has 1 aromatic carbocycles. The van der Waals surface area contributed by atoms with Crippen molar-refractivity contribution in [2.75, 3.05) is 5.32 Å². The lowest BCUT2D eigenvalue weighted by atomic mass is 10.1. The van der Waals surface area contributed by atoms with Gasteiger partial charge in [-0.25, -0.2) is 4.98 Å². The lowest BCUT2D eigenvalue weighted by Gasteiger charge is -2.08. The molecule has 1 aliphatic carbocycles. The summed E-state index contributed by atoms with van der Waals surface area (Å²) < 4.78 is 2.43. The number of benzene rings is 1. The Balaban J connectivity index is 1.48. The number of nitrogens with one attached hydrogen (secondary N) is 1. The molecule has 4 nitrogen and oxygen atoms in total. The van der Waals surface area contributed by atoms with Crippen molar-refractivity contribution in [1.29, 1.82) is 0 Å². The molecule has 5 heteroatoms. The highest BCUT2D eigenvalue weighted by atomic mass is 32.1. The third-order valence-electron chi connectivity index (χ3n) is 5.19. The molecule has 0 radical (unpaired) electrons. The molecule has 27 heavy (non-hydrogen) atoms. The number of amides is 1. The summed E-state index contributed by atoms with van der Waals surface area (Å²) in [6.45, 7) is 8.40. The average Bonchev–Trinajstić information content (AvgIpc) is 3.25. The first-order valence-corrected chi connectivity index (χ1v) is 10.3. The molecule has 0 saturated heterocycles. The minimum Gasteiger partial charge on any atom is -0.345 e. The van der Waals surface area contributed by atoms with Gasteiger partial charge in [-0.1, -0.05) is 17.7 Å². The molecule has 4 rings (SSSR count).